The number of aromatic nitrogens is 1. The van der Waals surface area contributed by atoms with Crippen molar-refractivity contribution in [1.29, 1.82) is 0 Å². The second-order valence-electron chi connectivity index (χ2n) is 7.44. The van der Waals surface area contributed by atoms with Crippen LogP contribution in [0.15, 0.2) is 69.9 Å². The molecule has 1 amide bonds. The molecule has 3 heterocycles. The maximum Gasteiger partial charge on any atom is 0.296 e. The summed E-state index contributed by atoms with van der Waals surface area (Å²) in [7, 11) is 0. The molecule has 148 valence electrons. The maximum atomic E-state index is 13.5. The van der Waals surface area contributed by atoms with Crippen molar-refractivity contribution in [2.45, 2.75) is 19.9 Å². The number of hydrogen-bond donors (Lipinski definition) is 0. The number of nitrogens with zero attached hydrogens (tertiary/aromatic N) is 2. The average molecular weight is 417 g/mol. The van der Waals surface area contributed by atoms with Crippen molar-refractivity contribution in [3.63, 3.8) is 0 Å². The number of carbonyl (C=O) groups is 1. The summed E-state index contributed by atoms with van der Waals surface area (Å²) in [4.78, 5) is 33.0. The molecule has 1 unspecified atom stereocenters. The van der Waals surface area contributed by atoms with E-state index in [2.05, 4.69) is 4.98 Å². The summed E-state index contributed by atoms with van der Waals surface area (Å²) in [6.45, 7) is 3.77. The zero-order valence-corrected chi connectivity index (χ0v) is 17.1. The molecule has 0 N–H and O–H groups in total. The number of halogens is 1. The summed E-state index contributed by atoms with van der Waals surface area (Å²) in [5, 5.41) is 1.03. The summed E-state index contributed by atoms with van der Waals surface area (Å²) in [6.07, 6.45) is 0. The van der Waals surface area contributed by atoms with Crippen molar-refractivity contribution in [1.82, 2.24) is 4.98 Å². The van der Waals surface area contributed by atoms with Gasteiger partial charge in [-0.15, -0.1) is 0 Å². The molecule has 4 aromatic rings. The van der Waals surface area contributed by atoms with Gasteiger partial charge >= 0.3 is 0 Å². The molecule has 0 spiro atoms. The Hall–Kier alpha value is -3.44. The van der Waals surface area contributed by atoms with E-state index in [0.29, 0.717) is 27.4 Å². The van der Waals surface area contributed by atoms with Gasteiger partial charge in [-0.2, -0.15) is 0 Å². The monoisotopic (exact) mass is 416 g/mol. The molecule has 0 saturated heterocycles. The van der Waals surface area contributed by atoms with E-state index in [-0.39, 0.29) is 17.1 Å². The highest BCUT2D eigenvalue weighted by Gasteiger charge is 2.44. The van der Waals surface area contributed by atoms with Gasteiger partial charge in [0.1, 0.15) is 11.4 Å². The standard InChI is InChI=1S/C24H17ClN2O3/c1-13-6-11-18-17(12-13)22(28)20-21(15-7-9-16(25)10-8-15)27(24(29)23(20)30-18)19-5-3-4-14(2)26-19/h3-12,21H,1-2H3. The number of benzene rings is 2. The van der Waals surface area contributed by atoms with Crippen molar-refractivity contribution in [2.75, 3.05) is 4.90 Å². The van der Waals surface area contributed by atoms with Gasteiger partial charge in [0, 0.05) is 10.7 Å². The third-order valence-electron chi connectivity index (χ3n) is 5.33. The van der Waals surface area contributed by atoms with Crippen LogP contribution in [0.2, 0.25) is 5.02 Å². The lowest BCUT2D eigenvalue weighted by molar-refractivity contribution is 0.0970. The maximum absolute atomic E-state index is 13.5. The Labute approximate surface area is 177 Å². The van der Waals surface area contributed by atoms with Crippen LogP contribution in [-0.4, -0.2) is 10.9 Å². The summed E-state index contributed by atoms with van der Waals surface area (Å²) >= 11 is 6.08. The first-order chi connectivity index (χ1) is 14.4. The smallest absolute Gasteiger partial charge is 0.296 e. The number of fused-ring (bicyclic) bond motifs is 2. The molecule has 0 fully saturated rings. The van der Waals surface area contributed by atoms with E-state index in [4.69, 9.17) is 16.0 Å². The van der Waals surface area contributed by atoms with Gasteiger partial charge in [0.2, 0.25) is 5.76 Å². The highest BCUT2D eigenvalue weighted by molar-refractivity contribution is 6.30. The van der Waals surface area contributed by atoms with Crippen LogP contribution in [0.1, 0.15) is 39.0 Å². The van der Waals surface area contributed by atoms with E-state index >= 15 is 0 Å². The zero-order valence-electron chi connectivity index (χ0n) is 16.3. The number of hydrogen-bond acceptors (Lipinski definition) is 4. The van der Waals surface area contributed by atoms with E-state index < -0.39 is 6.04 Å². The fourth-order valence-corrected chi connectivity index (χ4v) is 4.07. The van der Waals surface area contributed by atoms with Crippen LogP contribution in [0.3, 0.4) is 0 Å². The van der Waals surface area contributed by atoms with Crippen LogP contribution in [0.25, 0.3) is 11.0 Å². The Balaban J connectivity index is 1.83. The van der Waals surface area contributed by atoms with Gasteiger partial charge in [-0.1, -0.05) is 41.4 Å². The van der Waals surface area contributed by atoms with Crippen LogP contribution < -0.4 is 10.3 Å². The van der Waals surface area contributed by atoms with Gasteiger partial charge in [0.25, 0.3) is 5.91 Å². The van der Waals surface area contributed by atoms with E-state index in [0.717, 1.165) is 16.8 Å². The number of anilines is 1. The quantitative estimate of drug-likeness (QED) is 0.450. The number of amides is 1. The topological polar surface area (TPSA) is 63.4 Å². The Bertz CT molecular complexity index is 1380. The Morgan fingerprint density at radius 2 is 1.77 bits per heavy atom. The largest absolute Gasteiger partial charge is 0.450 e. The minimum Gasteiger partial charge on any atom is -0.450 e. The van der Waals surface area contributed by atoms with Gasteiger partial charge in [-0.25, -0.2) is 4.98 Å². The second-order valence-corrected chi connectivity index (χ2v) is 7.88. The molecular formula is C24H17ClN2O3. The summed E-state index contributed by atoms with van der Waals surface area (Å²) in [5.41, 5.74) is 2.98. The van der Waals surface area contributed by atoms with Crippen LogP contribution in [0, 0.1) is 13.8 Å². The molecule has 2 aromatic heterocycles. The lowest BCUT2D eigenvalue weighted by atomic mass is 9.98. The average Bonchev–Trinajstić information content (AvgIpc) is 3.02. The van der Waals surface area contributed by atoms with Gasteiger partial charge in [0.15, 0.2) is 5.43 Å². The number of pyridine rings is 1. The molecule has 30 heavy (non-hydrogen) atoms. The Morgan fingerprint density at radius 3 is 2.50 bits per heavy atom. The molecule has 0 aliphatic carbocycles. The Morgan fingerprint density at radius 1 is 1.00 bits per heavy atom. The third-order valence-corrected chi connectivity index (χ3v) is 5.58. The lowest BCUT2D eigenvalue weighted by Crippen LogP contribution is -2.30. The van der Waals surface area contributed by atoms with Gasteiger partial charge in [-0.3, -0.25) is 14.5 Å². The van der Waals surface area contributed by atoms with E-state index in [9.17, 15) is 9.59 Å². The zero-order chi connectivity index (χ0) is 21.0. The molecule has 2 aromatic carbocycles. The minimum absolute atomic E-state index is 0.0552. The molecule has 1 aliphatic heterocycles. The first-order valence-electron chi connectivity index (χ1n) is 9.54. The van der Waals surface area contributed by atoms with Crippen molar-refractivity contribution >= 4 is 34.3 Å². The molecule has 0 bridgehead atoms. The van der Waals surface area contributed by atoms with Crippen LogP contribution in [0.5, 0.6) is 0 Å². The van der Waals surface area contributed by atoms with Crippen molar-refractivity contribution in [2.24, 2.45) is 0 Å². The first-order valence-corrected chi connectivity index (χ1v) is 9.92. The van der Waals surface area contributed by atoms with Gasteiger partial charge in [-0.05, 0) is 55.8 Å². The van der Waals surface area contributed by atoms with E-state index in [1.807, 2.05) is 44.2 Å². The molecule has 5 rings (SSSR count). The van der Waals surface area contributed by atoms with Crippen LogP contribution in [-0.2, 0) is 0 Å². The molecule has 1 aliphatic rings. The number of rotatable bonds is 2. The fraction of sp³-hybridized carbons (Fsp3) is 0.125. The SMILES string of the molecule is Cc1ccc2oc3c(c(=O)c2c1)C(c1ccc(Cl)cc1)N(c1cccc(C)n1)C3=O. The molecular weight excluding hydrogens is 400 g/mol. The predicted molar refractivity (Wildman–Crippen MR) is 116 cm³/mol. The van der Waals surface area contributed by atoms with Gasteiger partial charge < -0.3 is 4.42 Å². The van der Waals surface area contributed by atoms with Crippen molar-refractivity contribution in [3.05, 3.63) is 104 Å². The third kappa shape index (κ3) is 2.82. The molecule has 5 nitrogen and oxygen atoms in total. The summed E-state index contributed by atoms with van der Waals surface area (Å²) in [5.74, 6) is 0.133. The van der Waals surface area contributed by atoms with Gasteiger partial charge in [0.05, 0.1) is 17.0 Å². The molecule has 6 heteroatoms. The van der Waals surface area contributed by atoms with Crippen LogP contribution >= 0.6 is 11.6 Å². The Kier molecular flexibility index (Phi) is 4.22. The molecule has 0 radical (unpaired) electrons. The molecule has 1 atom stereocenters. The summed E-state index contributed by atoms with van der Waals surface area (Å²) < 4.78 is 5.96. The predicted octanol–water partition coefficient (Wildman–Crippen LogP) is 5.21. The molecule has 0 saturated carbocycles. The summed E-state index contributed by atoms with van der Waals surface area (Å²) in [6, 6.07) is 17.3. The van der Waals surface area contributed by atoms with Crippen LogP contribution in [0.4, 0.5) is 5.82 Å². The fourth-order valence-electron chi connectivity index (χ4n) is 3.95. The second kappa shape index (κ2) is 6.82. The highest BCUT2D eigenvalue weighted by atomic mass is 35.5. The number of carbonyl (C=O) groups excluding carboxylic acids is 1. The van der Waals surface area contributed by atoms with Crippen molar-refractivity contribution < 1.29 is 9.21 Å². The highest BCUT2D eigenvalue weighted by Crippen LogP contribution is 2.40. The first kappa shape index (κ1) is 18.6. The minimum atomic E-state index is -0.653. The lowest BCUT2D eigenvalue weighted by Gasteiger charge is -2.24. The van der Waals surface area contributed by atoms with Crippen molar-refractivity contribution in [3.8, 4) is 0 Å². The van der Waals surface area contributed by atoms with E-state index in [1.165, 1.54) is 4.90 Å². The van der Waals surface area contributed by atoms with E-state index in [1.54, 1.807) is 30.3 Å². The normalized spacial score (nSPS) is 15.6. The number of aryl methyl sites for hydroxylation is 2.